The highest BCUT2D eigenvalue weighted by Gasteiger charge is 2.45. The summed E-state index contributed by atoms with van der Waals surface area (Å²) in [7, 11) is 0. The number of nitrogens with two attached hydrogens (primary N) is 1. The molecule has 25 heteroatoms. The third-order valence-electron chi connectivity index (χ3n) is 13.1. The highest BCUT2D eigenvalue weighted by atomic mass is 32.1. The van der Waals surface area contributed by atoms with E-state index in [2.05, 4.69) is 25.9 Å². The van der Waals surface area contributed by atoms with E-state index in [4.69, 9.17) is 30.5 Å². The highest BCUT2D eigenvalue weighted by molar-refractivity contribution is 7.13. The van der Waals surface area contributed by atoms with Gasteiger partial charge in [-0.25, -0.2) is 9.97 Å². The van der Waals surface area contributed by atoms with Crippen LogP contribution in [0.25, 0.3) is 20.9 Å². The Bertz CT molecular complexity index is 2730. The van der Waals surface area contributed by atoms with Crippen LogP contribution in [0.3, 0.4) is 0 Å². The molecule has 6 atom stereocenters. The molecule has 2 aromatic carbocycles. The minimum atomic E-state index is -0.992. The number of hydrogen-bond donors (Lipinski definition) is 9. The lowest BCUT2D eigenvalue weighted by atomic mass is 9.85. The third kappa shape index (κ3) is 23.4. The van der Waals surface area contributed by atoms with E-state index in [1.54, 1.807) is 49.0 Å². The minimum Gasteiger partial charge on any atom is -0.481 e. The summed E-state index contributed by atoms with van der Waals surface area (Å²) < 4.78 is 9.87. The maximum absolute atomic E-state index is 13.6. The molecule has 4 heterocycles. The van der Waals surface area contributed by atoms with Crippen molar-refractivity contribution >= 4 is 70.1 Å². The number of benzene rings is 2. The van der Waals surface area contributed by atoms with Crippen LogP contribution < -0.4 is 21.7 Å². The zero-order valence-electron chi connectivity index (χ0n) is 47.1. The normalized spacial score (nSPS) is 17.2. The van der Waals surface area contributed by atoms with Crippen LogP contribution >= 0.6 is 22.7 Å². The van der Waals surface area contributed by atoms with E-state index in [0.29, 0.717) is 6.54 Å². The smallest absolute Gasteiger partial charge is 0.305 e. The lowest BCUT2D eigenvalue weighted by Gasteiger charge is -2.35. The van der Waals surface area contributed by atoms with Gasteiger partial charge in [0.15, 0.2) is 0 Å². The Hall–Kier alpha value is -6.74. The fraction of sp³-hybridized carbons (Fsp3) is 0.552. The fourth-order valence-electron chi connectivity index (χ4n) is 8.38. The van der Waals surface area contributed by atoms with Gasteiger partial charge in [-0.1, -0.05) is 105 Å². The quantitative estimate of drug-likeness (QED) is 0.0420. The number of thiazole rings is 2. The SMILES string of the molecule is C.C.Cc1ncsc1-c1ccc(CNC(=O)[C@@H]2C[C@@H](O)CN2C(=O)[C@@H](N)C(C)(C)C)cc1.Cc1ncsc1-c1ccc(CNC(=O)[C@@H]2C[C@@H](O)CN2C(=O)[C@@H](NC(=O)CCOCCC(=O)O)C(C)(C)C)cc1.O=C(O)CCOCCC(=O)O. The van der Waals surface area contributed by atoms with Crippen LogP contribution in [0.15, 0.2) is 59.6 Å². The van der Waals surface area contributed by atoms with Gasteiger partial charge in [-0.3, -0.25) is 38.4 Å². The van der Waals surface area contributed by atoms with Gasteiger partial charge in [0.1, 0.15) is 18.1 Å². The predicted octanol–water partition coefficient (Wildman–Crippen LogP) is 5.40. The molecule has 2 aromatic heterocycles. The Kier molecular flexibility index (Phi) is 29.8. The van der Waals surface area contributed by atoms with E-state index < -0.39 is 76.9 Å². The van der Waals surface area contributed by atoms with Crippen LogP contribution in [0, 0.1) is 24.7 Å². The topological polar surface area (TPSA) is 351 Å². The standard InChI is InChI=1S/C28H38N4O7S.C22H30N4O3S.C6H10O5.2CH4/c1-17-24(40-16-30-17)19-7-5-18(6-8-19)14-29-26(37)21-13-20(33)15-32(21)27(38)25(28(2,3)4)31-22(34)9-11-39-12-10-23(35)36;1-13-18(30-12-25-13)15-7-5-14(6-8-15)10-24-20(28)17-9-16(27)11-26(17)21(29)19(23)22(2,3)4;7-5(8)1-3-11-4-2-6(9)10;;/h5-8,16,20-21,25,33H,9-15H2,1-4H3,(H,29,37)(H,31,34)(H,35,36);5-8,12,16-17,19,27H,9-11,23H2,1-4H3,(H,24,28);1-4H2,(H,7,8)(H,9,10);2*1H4/t20-,21+,25-;16-,17+,19-;;;/m11.../s1. The summed E-state index contributed by atoms with van der Waals surface area (Å²) in [5.41, 5.74) is 14.6. The molecule has 460 valence electrons. The van der Waals surface area contributed by atoms with Crippen molar-refractivity contribution in [2.75, 3.05) is 39.5 Å². The van der Waals surface area contributed by atoms with Gasteiger partial charge in [0.2, 0.25) is 29.5 Å². The second kappa shape index (κ2) is 34.1. The van der Waals surface area contributed by atoms with Crippen molar-refractivity contribution in [1.29, 1.82) is 0 Å². The molecule has 2 saturated heterocycles. The maximum Gasteiger partial charge on any atom is 0.305 e. The summed E-state index contributed by atoms with van der Waals surface area (Å²) in [5, 5.41) is 53.8. The number of β-amino-alcohol motifs (C(OH)–C–C–N with tert-alkyl or cyclic N) is 2. The first kappa shape index (κ1) is 72.4. The first-order valence-electron chi connectivity index (χ1n) is 26.4. The molecule has 2 aliphatic rings. The molecule has 0 unspecified atom stereocenters. The number of hydrogen-bond acceptors (Lipinski definition) is 17. The minimum absolute atomic E-state index is 0. The van der Waals surface area contributed by atoms with Crippen LogP contribution in [0.2, 0.25) is 0 Å². The Labute approximate surface area is 494 Å². The summed E-state index contributed by atoms with van der Waals surface area (Å²) in [6, 6.07) is 12.5. The number of aryl methyl sites for hydroxylation is 2. The Morgan fingerprint density at radius 2 is 0.964 bits per heavy atom. The van der Waals surface area contributed by atoms with Gasteiger partial charge in [0.05, 0.1) is 96.1 Å². The third-order valence-corrected chi connectivity index (χ3v) is 15.0. The van der Waals surface area contributed by atoms with E-state index >= 15 is 0 Å². The predicted molar refractivity (Wildman–Crippen MR) is 316 cm³/mol. The zero-order chi connectivity index (χ0) is 60.2. The summed E-state index contributed by atoms with van der Waals surface area (Å²) >= 11 is 3.17. The second-order valence-corrected chi connectivity index (χ2v) is 23.5. The number of ether oxygens (including phenoxy) is 2. The molecule has 6 rings (SSSR count). The van der Waals surface area contributed by atoms with Gasteiger partial charge >= 0.3 is 17.9 Å². The number of carboxylic acid groups (broad SMARTS) is 3. The molecule has 83 heavy (non-hydrogen) atoms. The Balaban J connectivity index is 0.000000481. The van der Waals surface area contributed by atoms with Gasteiger partial charge in [-0.2, -0.15) is 0 Å². The molecular formula is C58H86N8O15S2. The van der Waals surface area contributed by atoms with Crippen molar-refractivity contribution < 1.29 is 73.4 Å². The van der Waals surface area contributed by atoms with Gasteiger partial charge in [0.25, 0.3) is 0 Å². The van der Waals surface area contributed by atoms with Crippen molar-refractivity contribution in [2.24, 2.45) is 16.6 Å². The van der Waals surface area contributed by atoms with Crippen molar-refractivity contribution in [3.8, 4) is 20.9 Å². The molecule has 0 radical (unpaired) electrons. The lowest BCUT2D eigenvalue weighted by molar-refractivity contribution is -0.144. The monoisotopic (exact) mass is 1200 g/mol. The van der Waals surface area contributed by atoms with Crippen LogP contribution in [0.4, 0.5) is 0 Å². The number of aliphatic carboxylic acids is 3. The fourth-order valence-corrected chi connectivity index (χ4v) is 10.00. The number of carboxylic acids is 3. The van der Waals surface area contributed by atoms with Crippen molar-refractivity contribution in [2.45, 2.75) is 158 Å². The Morgan fingerprint density at radius 1 is 0.602 bits per heavy atom. The van der Waals surface area contributed by atoms with E-state index in [1.165, 1.54) is 9.80 Å². The highest BCUT2D eigenvalue weighted by Crippen LogP contribution is 2.30. The zero-order valence-corrected chi connectivity index (χ0v) is 48.8. The largest absolute Gasteiger partial charge is 0.481 e. The summed E-state index contributed by atoms with van der Waals surface area (Å²) in [6.45, 7) is 15.9. The number of aliphatic hydroxyl groups is 2. The van der Waals surface area contributed by atoms with Crippen molar-refractivity contribution in [3.05, 3.63) is 82.1 Å². The van der Waals surface area contributed by atoms with Crippen molar-refractivity contribution in [1.82, 2.24) is 35.7 Å². The van der Waals surface area contributed by atoms with Crippen LogP contribution in [-0.4, -0.2) is 169 Å². The number of likely N-dealkylation sites (tertiary alicyclic amines) is 2. The van der Waals surface area contributed by atoms with Gasteiger partial charge < -0.3 is 66.5 Å². The molecule has 5 amide bonds. The first-order valence-corrected chi connectivity index (χ1v) is 28.2. The van der Waals surface area contributed by atoms with Crippen LogP contribution in [-0.2, 0) is 60.9 Å². The summed E-state index contributed by atoms with van der Waals surface area (Å²) in [6.07, 6.45) is -1.64. The molecule has 0 spiro atoms. The molecule has 0 saturated carbocycles. The summed E-state index contributed by atoms with van der Waals surface area (Å²) in [5.74, 6) is -4.71. The number of carbonyl (C=O) groups is 8. The number of nitrogens with zero attached hydrogens (tertiary/aromatic N) is 4. The number of nitrogens with one attached hydrogen (secondary N) is 3. The molecule has 2 fully saturated rings. The average Bonchev–Trinajstić information content (AvgIpc) is 3.97. The molecule has 0 aliphatic carbocycles. The molecule has 10 N–H and O–H groups in total. The van der Waals surface area contributed by atoms with Crippen molar-refractivity contribution in [3.63, 3.8) is 0 Å². The first-order chi connectivity index (χ1) is 38.1. The number of amides is 5. The Morgan fingerprint density at radius 3 is 1.29 bits per heavy atom. The molecule has 4 aromatic rings. The van der Waals surface area contributed by atoms with E-state index in [0.717, 1.165) is 43.4 Å². The molecule has 0 bridgehead atoms. The van der Waals surface area contributed by atoms with E-state index in [-0.39, 0.29) is 117 Å². The maximum atomic E-state index is 13.6. The van der Waals surface area contributed by atoms with Crippen LogP contribution in [0.5, 0.6) is 0 Å². The lowest BCUT2D eigenvalue weighted by Crippen LogP contribution is -2.57. The average molecular weight is 1200 g/mol. The second-order valence-electron chi connectivity index (χ2n) is 21.8. The van der Waals surface area contributed by atoms with E-state index in [1.807, 2.05) is 88.7 Å². The van der Waals surface area contributed by atoms with Gasteiger partial charge in [-0.15, -0.1) is 22.7 Å². The molecular weight excluding hydrogens is 1110 g/mol. The number of aliphatic hydroxyl groups excluding tert-OH is 2. The van der Waals surface area contributed by atoms with Crippen LogP contribution in [0.1, 0.15) is 117 Å². The number of aromatic nitrogens is 2. The number of carbonyl (C=O) groups excluding carboxylic acids is 5. The number of rotatable bonds is 23. The van der Waals surface area contributed by atoms with E-state index in [9.17, 15) is 48.6 Å². The van der Waals surface area contributed by atoms with Gasteiger partial charge in [0, 0.05) is 45.4 Å². The van der Waals surface area contributed by atoms with Gasteiger partial charge in [-0.05, 0) is 46.9 Å². The molecule has 23 nitrogen and oxygen atoms in total. The molecule has 2 aliphatic heterocycles. The summed E-state index contributed by atoms with van der Waals surface area (Å²) in [4.78, 5) is 109.